The van der Waals surface area contributed by atoms with E-state index in [1.54, 1.807) is 0 Å². The Morgan fingerprint density at radius 2 is 2.10 bits per heavy atom. The van der Waals surface area contributed by atoms with Crippen LogP contribution in [0.4, 0.5) is 0 Å². The van der Waals surface area contributed by atoms with Gasteiger partial charge in [-0.15, -0.1) is 0 Å². The lowest BCUT2D eigenvalue weighted by molar-refractivity contribution is 0.363. The van der Waals surface area contributed by atoms with E-state index in [0.717, 1.165) is 0 Å². The van der Waals surface area contributed by atoms with Gasteiger partial charge in [-0.25, -0.2) is 0 Å². The monoisotopic (exact) mass is 139 g/mol. The molecule has 0 fully saturated rings. The van der Waals surface area contributed by atoms with Crippen LogP contribution in [0.25, 0.3) is 0 Å². The van der Waals surface area contributed by atoms with Crippen LogP contribution in [-0.4, -0.2) is 6.04 Å². The second-order valence-corrected chi connectivity index (χ2v) is 3.63. The van der Waals surface area contributed by atoms with Gasteiger partial charge in [-0.05, 0) is 25.2 Å². The first kappa shape index (κ1) is 7.80. The zero-order chi connectivity index (χ0) is 7.72. The minimum Gasteiger partial charge on any atom is -0.327 e. The van der Waals surface area contributed by atoms with Crippen molar-refractivity contribution in [3.63, 3.8) is 0 Å². The van der Waals surface area contributed by atoms with E-state index in [-0.39, 0.29) is 0 Å². The Morgan fingerprint density at radius 1 is 1.50 bits per heavy atom. The molecule has 0 aromatic rings. The molecule has 58 valence electrons. The molecular weight excluding hydrogens is 122 g/mol. The average molecular weight is 139 g/mol. The van der Waals surface area contributed by atoms with E-state index < -0.39 is 0 Å². The third-order valence-corrected chi connectivity index (χ3v) is 2.46. The van der Waals surface area contributed by atoms with E-state index in [0.29, 0.717) is 17.9 Å². The van der Waals surface area contributed by atoms with Gasteiger partial charge in [-0.2, -0.15) is 0 Å². The number of allylic oxidation sites excluding steroid dienone is 1. The molecule has 1 nitrogen and oxygen atoms in total. The zero-order valence-corrected chi connectivity index (χ0v) is 7.09. The summed E-state index contributed by atoms with van der Waals surface area (Å²) >= 11 is 0. The first-order chi connectivity index (χ1) is 4.61. The predicted molar refractivity (Wildman–Crippen MR) is 44.7 cm³/mol. The quantitative estimate of drug-likeness (QED) is 0.510. The summed E-state index contributed by atoms with van der Waals surface area (Å²) in [5, 5.41) is 0. The number of rotatable bonds is 0. The summed E-state index contributed by atoms with van der Waals surface area (Å²) in [6, 6.07) is 0.378. The Balaban J connectivity index is 2.69. The van der Waals surface area contributed by atoms with Gasteiger partial charge in [0.05, 0.1) is 0 Å². The van der Waals surface area contributed by atoms with Gasteiger partial charge in [0.15, 0.2) is 0 Å². The van der Waals surface area contributed by atoms with E-state index in [1.165, 1.54) is 12.0 Å². The molecule has 3 atom stereocenters. The largest absolute Gasteiger partial charge is 0.327 e. The molecule has 0 saturated heterocycles. The summed E-state index contributed by atoms with van der Waals surface area (Å²) in [4.78, 5) is 0. The Hall–Kier alpha value is -0.300. The molecular formula is C9H17N. The molecule has 0 bridgehead atoms. The highest BCUT2D eigenvalue weighted by molar-refractivity contribution is 5.09. The third kappa shape index (κ3) is 1.40. The van der Waals surface area contributed by atoms with E-state index >= 15 is 0 Å². The SMILES string of the molecule is CC1=C[C@@H](C)[C@H](N)[C@H](C)C1. The normalized spacial score (nSPS) is 41.2. The molecule has 0 radical (unpaired) electrons. The molecule has 0 aliphatic heterocycles. The van der Waals surface area contributed by atoms with Gasteiger partial charge in [0.1, 0.15) is 0 Å². The van der Waals surface area contributed by atoms with Crippen molar-refractivity contribution in [2.24, 2.45) is 17.6 Å². The lowest BCUT2D eigenvalue weighted by Gasteiger charge is -2.29. The highest BCUT2D eigenvalue weighted by atomic mass is 14.7. The van der Waals surface area contributed by atoms with Gasteiger partial charge in [-0.1, -0.05) is 25.5 Å². The van der Waals surface area contributed by atoms with Crippen molar-refractivity contribution in [3.8, 4) is 0 Å². The van der Waals surface area contributed by atoms with Crippen LogP contribution >= 0.6 is 0 Å². The molecule has 10 heavy (non-hydrogen) atoms. The van der Waals surface area contributed by atoms with Crippen molar-refractivity contribution in [1.29, 1.82) is 0 Å². The fourth-order valence-electron chi connectivity index (χ4n) is 1.79. The van der Waals surface area contributed by atoms with Crippen molar-refractivity contribution in [1.82, 2.24) is 0 Å². The second kappa shape index (κ2) is 2.75. The molecule has 0 unspecified atom stereocenters. The lowest BCUT2D eigenvalue weighted by Crippen LogP contribution is -2.36. The molecule has 0 amide bonds. The smallest absolute Gasteiger partial charge is 0.0128 e. The first-order valence-electron chi connectivity index (χ1n) is 4.04. The van der Waals surface area contributed by atoms with Crippen molar-refractivity contribution in [2.45, 2.75) is 33.2 Å². The van der Waals surface area contributed by atoms with E-state index in [1.807, 2.05) is 0 Å². The standard InChI is InChI=1S/C9H17N/c1-6-4-7(2)9(10)8(3)5-6/h4,7-9H,5,10H2,1-3H3/t7-,8-,9+/m1/s1. The maximum atomic E-state index is 5.94. The molecule has 0 heterocycles. The van der Waals surface area contributed by atoms with Gasteiger partial charge < -0.3 is 5.73 Å². The summed E-state index contributed by atoms with van der Waals surface area (Å²) in [6.07, 6.45) is 3.48. The highest BCUT2D eigenvalue weighted by Gasteiger charge is 2.22. The summed E-state index contributed by atoms with van der Waals surface area (Å²) < 4.78 is 0. The van der Waals surface area contributed by atoms with Crippen LogP contribution in [0.3, 0.4) is 0 Å². The maximum absolute atomic E-state index is 5.94. The Bertz CT molecular complexity index is 149. The number of hydrogen-bond acceptors (Lipinski definition) is 1. The minimum atomic E-state index is 0.378. The molecule has 1 rings (SSSR count). The third-order valence-electron chi connectivity index (χ3n) is 2.46. The maximum Gasteiger partial charge on any atom is 0.0128 e. The molecule has 0 aromatic carbocycles. The van der Waals surface area contributed by atoms with Gasteiger partial charge in [0.2, 0.25) is 0 Å². The van der Waals surface area contributed by atoms with E-state index in [9.17, 15) is 0 Å². The van der Waals surface area contributed by atoms with Crippen molar-refractivity contribution < 1.29 is 0 Å². The van der Waals surface area contributed by atoms with Crippen molar-refractivity contribution >= 4 is 0 Å². The first-order valence-corrected chi connectivity index (χ1v) is 4.04. The fourth-order valence-corrected chi connectivity index (χ4v) is 1.79. The summed E-state index contributed by atoms with van der Waals surface area (Å²) in [5.74, 6) is 1.24. The van der Waals surface area contributed by atoms with Crippen LogP contribution in [0.2, 0.25) is 0 Å². The molecule has 1 aliphatic carbocycles. The van der Waals surface area contributed by atoms with E-state index in [2.05, 4.69) is 26.8 Å². The topological polar surface area (TPSA) is 26.0 Å². The van der Waals surface area contributed by atoms with Gasteiger partial charge in [0.25, 0.3) is 0 Å². The Kier molecular flexibility index (Phi) is 2.14. The molecule has 0 spiro atoms. The molecule has 0 aromatic heterocycles. The zero-order valence-electron chi connectivity index (χ0n) is 7.09. The molecule has 0 saturated carbocycles. The Labute approximate surface area is 63.3 Å². The lowest BCUT2D eigenvalue weighted by atomic mass is 9.81. The number of hydrogen-bond donors (Lipinski definition) is 1. The predicted octanol–water partition coefficient (Wildman–Crippen LogP) is 1.94. The van der Waals surface area contributed by atoms with Crippen LogP contribution in [0.5, 0.6) is 0 Å². The van der Waals surface area contributed by atoms with Gasteiger partial charge >= 0.3 is 0 Å². The molecule has 2 N–H and O–H groups in total. The van der Waals surface area contributed by atoms with Crippen molar-refractivity contribution in [3.05, 3.63) is 11.6 Å². The van der Waals surface area contributed by atoms with Crippen molar-refractivity contribution in [2.75, 3.05) is 0 Å². The fraction of sp³-hybridized carbons (Fsp3) is 0.778. The molecule has 1 aliphatic rings. The summed E-state index contributed by atoms with van der Waals surface area (Å²) in [6.45, 7) is 6.63. The van der Waals surface area contributed by atoms with Crippen LogP contribution in [0.1, 0.15) is 27.2 Å². The Morgan fingerprint density at radius 3 is 2.60 bits per heavy atom. The van der Waals surface area contributed by atoms with Gasteiger partial charge in [-0.3, -0.25) is 0 Å². The second-order valence-electron chi connectivity index (χ2n) is 3.63. The van der Waals surface area contributed by atoms with Crippen LogP contribution in [0, 0.1) is 11.8 Å². The molecule has 1 heteroatoms. The highest BCUT2D eigenvalue weighted by Crippen LogP contribution is 2.25. The summed E-state index contributed by atoms with van der Waals surface area (Å²) in [5.41, 5.74) is 7.44. The summed E-state index contributed by atoms with van der Waals surface area (Å²) in [7, 11) is 0. The van der Waals surface area contributed by atoms with E-state index in [4.69, 9.17) is 5.73 Å². The number of nitrogens with two attached hydrogens (primary N) is 1. The average Bonchev–Trinajstić information content (AvgIpc) is 1.82. The van der Waals surface area contributed by atoms with Crippen LogP contribution < -0.4 is 5.73 Å². The van der Waals surface area contributed by atoms with Crippen LogP contribution in [-0.2, 0) is 0 Å². The van der Waals surface area contributed by atoms with Gasteiger partial charge in [0, 0.05) is 6.04 Å². The minimum absolute atomic E-state index is 0.378. The van der Waals surface area contributed by atoms with Crippen LogP contribution in [0.15, 0.2) is 11.6 Å².